The van der Waals surface area contributed by atoms with Crippen molar-refractivity contribution in [1.82, 2.24) is 0 Å². The van der Waals surface area contributed by atoms with Gasteiger partial charge < -0.3 is 5.11 Å². The summed E-state index contributed by atoms with van der Waals surface area (Å²) in [5.41, 5.74) is 8.93. The molecule has 0 saturated heterocycles. The van der Waals surface area contributed by atoms with Gasteiger partial charge in [0.15, 0.2) is 0 Å². The van der Waals surface area contributed by atoms with E-state index < -0.39 is 0 Å². The molecule has 0 radical (unpaired) electrons. The zero-order valence-electron chi connectivity index (χ0n) is 10.3. The Morgan fingerprint density at radius 2 is 1.71 bits per heavy atom. The monoisotopic (exact) mass is 235 g/mol. The van der Waals surface area contributed by atoms with Crippen LogP contribution in [0, 0.1) is 23.2 Å². The average Bonchev–Trinajstić information content (AvgIpc) is 2.26. The smallest absolute Gasteiger partial charge is 0.0610 e. The molecule has 0 spiro atoms. The molecule has 4 aliphatic rings. The first kappa shape index (κ1) is 11.4. The van der Waals surface area contributed by atoms with Gasteiger partial charge >= 0.3 is 0 Å². The summed E-state index contributed by atoms with van der Waals surface area (Å²) in [7, 11) is 0. The number of hydrogen-bond acceptors (Lipinski definition) is 2. The third-order valence-corrected chi connectivity index (χ3v) is 5.26. The lowest BCUT2D eigenvalue weighted by molar-refractivity contribution is -0.0623. The number of nitrogens with zero attached hydrogens (tertiary/aromatic N) is 3. The molecule has 94 valence electrons. The number of hydrogen-bond donors (Lipinski definition) is 1. The Balaban J connectivity index is 1.75. The summed E-state index contributed by atoms with van der Waals surface area (Å²) >= 11 is 0. The molecule has 0 amide bonds. The van der Waals surface area contributed by atoms with Crippen LogP contribution < -0.4 is 0 Å². The summed E-state index contributed by atoms with van der Waals surface area (Å²) in [5.74, 6) is 2.77. The topological polar surface area (TPSA) is 69.0 Å². The Bertz CT molecular complexity index is 313. The first-order chi connectivity index (χ1) is 8.23. The first-order valence-electron chi connectivity index (χ1n) is 6.88. The number of aliphatic hydroxyl groups is 1. The normalized spacial score (nSPS) is 44.4. The van der Waals surface area contributed by atoms with Crippen LogP contribution in [0.1, 0.15) is 44.9 Å². The van der Waals surface area contributed by atoms with E-state index in [1.165, 1.54) is 38.5 Å². The fourth-order valence-corrected chi connectivity index (χ4v) is 5.25. The van der Waals surface area contributed by atoms with E-state index in [0.717, 1.165) is 24.2 Å². The highest BCUT2D eigenvalue weighted by Crippen LogP contribution is 2.61. The second-order valence-corrected chi connectivity index (χ2v) is 6.66. The molecule has 0 aromatic rings. The minimum atomic E-state index is -0.198. The van der Waals surface area contributed by atoms with Crippen LogP contribution in [-0.4, -0.2) is 17.8 Å². The molecule has 4 nitrogen and oxygen atoms in total. The summed E-state index contributed by atoms with van der Waals surface area (Å²) in [6, 6.07) is -0.198. The van der Waals surface area contributed by atoms with Crippen molar-refractivity contribution in [3.05, 3.63) is 10.4 Å². The van der Waals surface area contributed by atoms with Crippen molar-refractivity contribution < 1.29 is 5.11 Å². The Hall–Kier alpha value is -0.730. The summed E-state index contributed by atoms with van der Waals surface area (Å²) < 4.78 is 0. The van der Waals surface area contributed by atoms with Crippen LogP contribution in [-0.2, 0) is 0 Å². The van der Waals surface area contributed by atoms with Crippen LogP contribution >= 0.6 is 0 Å². The van der Waals surface area contributed by atoms with Gasteiger partial charge in [-0.15, -0.1) is 0 Å². The van der Waals surface area contributed by atoms with Gasteiger partial charge in [0.1, 0.15) is 0 Å². The van der Waals surface area contributed by atoms with E-state index in [4.69, 9.17) is 5.53 Å². The van der Waals surface area contributed by atoms with Crippen molar-refractivity contribution in [2.24, 2.45) is 28.3 Å². The molecule has 0 aromatic carbocycles. The summed E-state index contributed by atoms with van der Waals surface area (Å²) in [6.45, 7) is 0.00576. The minimum Gasteiger partial charge on any atom is -0.396 e. The van der Waals surface area contributed by atoms with Gasteiger partial charge in [-0.05, 0) is 73.6 Å². The number of aliphatic hydroxyl groups excluding tert-OH is 1. The van der Waals surface area contributed by atoms with Crippen molar-refractivity contribution in [2.45, 2.75) is 51.0 Å². The van der Waals surface area contributed by atoms with Crippen LogP contribution in [0.15, 0.2) is 5.11 Å². The molecule has 4 heteroatoms. The summed E-state index contributed by atoms with van der Waals surface area (Å²) in [5, 5.41) is 13.0. The van der Waals surface area contributed by atoms with E-state index in [9.17, 15) is 5.11 Å². The lowest BCUT2D eigenvalue weighted by Gasteiger charge is -2.57. The van der Waals surface area contributed by atoms with Gasteiger partial charge in [0.05, 0.1) is 12.6 Å². The lowest BCUT2D eigenvalue weighted by atomic mass is 9.48. The van der Waals surface area contributed by atoms with Crippen LogP contribution in [0.2, 0.25) is 0 Å². The van der Waals surface area contributed by atoms with Gasteiger partial charge in [0.2, 0.25) is 0 Å². The Morgan fingerprint density at radius 1 is 1.18 bits per heavy atom. The summed E-state index contributed by atoms with van der Waals surface area (Å²) in [4.78, 5) is 2.87. The predicted octanol–water partition coefficient (Wildman–Crippen LogP) is 3.26. The summed E-state index contributed by atoms with van der Waals surface area (Å²) in [6.07, 6.45) is 9.17. The van der Waals surface area contributed by atoms with Gasteiger partial charge in [-0.25, -0.2) is 0 Å². The third-order valence-electron chi connectivity index (χ3n) is 5.26. The average molecular weight is 235 g/mol. The van der Waals surface area contributed by atoms with Crippen molar-refractivity contribution in [3.63, 3.8) is 0 Å². The van der Waals surface area contributed by atoms with Gasteiger partial charge in [-0.2, -0.15) is 0 Å². The minimum absolute atomic E-state index is 0.00576. The second-order valence-electron chi connectivity index (χ2n) is 6.66. The maximum Gasteiger partial charge on any atom is 0.0610 e. The van der Waals surface area contributed by atoms with E-state index in [0.29, 0.717) is 5.41 Å². The molecule has 17 heavy (non-hydrogen) atoms. The van der Waals surface area contributed by atoms with Crippen molar-refractivity contribution in [3.8, 4) is 0 Å². The zero-order valence-corrected chi connectivity index (χ0v) is 10.3. The molecule has 4 fully saturated rings. The van der Waals surface area contributed by atoms with Gasteiger partial charge in [-0.3, -0.25) is 0 Å². The SMILES string of the molecule is [N-]=[N+]=NC(CO)CC12CC3CC(CC(C3)C1)C2. The Labute approximate surface area is 102 Å². The predicted molar refractivity (Wildman–Crippen MR) is 65.2 cm³/mol. The maximum absolute atomic E-state index is 9.29. The fourth-order valence-electron chi connectivity index (χ4n) is 5.25. The molecular formula is C13H21N3O. The molecule has 4 saturated carbocycles. The van der Waals surface area contributed by atoms with E-state index in [1.54, 1.807) is 0 Å². The molecule has 0 heterocycles. The standard InChI is InChI=1S/C13H21N3O/c14-16-15-12(8-17)7-13-4-9-1-10(5-13)3-11(2-9)6-13/h9-12,17H,1-8H2. The second kappa shape index (κ2) is 4.18. The van der Waals surface area contributed by atoms with Crippen LogP contribution in [0.25, 0.3) is 10.4 Å². The quantitative estimate of drug-likeness (QED) is 0.453. The van der Waals surface area contributed by atoms with Crippen LogP contribution in [0.3, 0.4) is 0 Å². The molecule has 1 unspecified atom stereocenters. The molecule has 4 bridgehead atoms. The third kappa shape index (κ3) is 2.04. The molecule has 1 atom stereocenters. The molecule has 4 rings (SSSR count). The molecule has 1 N–H and O–H groups in total. The van der Waals surface area contributed by atoms with Crippen LogP contribution in [0.4, 0.5) is 0 Å². The zero-order chi connectivity index (χ0) is 11.9. The van der Waals surface area contributed by atoms with E-state index in [1.807, 2.05) is 0 Å². The van der Waals surface area contributed by atoms with E-state index >= 15 is 0 Å². The molecule has 0 aliphatic heterocycles. The van der Waals surface area contributed by atoms with Gasteiger partial charge in [0, 0.05) is 4.91 Å². The highest BCUT2D eigenvalue weighted by Gasteiger charge is 2.51. The fraction of sp³-hybridized carbons (Fsp3) is 1.00. The lowest BCUT2D eigenvalue weighted by Crippen LogP contribution is -2.47. The van der Waals surface area contributed by atoms with Gasteiger partial charge in [0.25, 0.3) is 0 Å². The maximum atomic E-state index is 9.29. The Morgan fingerprint density at radius 3 is 2.12 bits per heavy atom. The molecular weight excluding hydrogens is 214 g/mol. The van der Waals surface area contributed by atoms with E-state index in [2.05, 4.69) is 10.0 Å². The Kier molecular flexibility index (Phi) is 2.80. The van der Waals surface area contributed by atoms with Crippen molar-refractivity contribution in [1.29, 1.82) is 0 Å². The molecule has 0 aromatic heterocycles. The number of azide groups is 1. The van der Waals surface area contributed by atoms with E-state index in [-0.39, 0.29) is 12.6 Å². The van der Waals surface area contributed by atoms with Gasteiger partial charge in [-0.1, -0.05) is 5.11 Å². The van der Waals surface area contributed by atoms with Crippen LogP contribution in [0.5, 0.6) is 0 Å². The first-order valence-corrected chi connectivity index (χ1v) is 6.88. The van der Waals surface area contributed by atoms with Crippen molar-refractivity contribution >= 4 is 0 Å². The molecule has 4 aliphatic carbocycles. The highest BCUT2D eigenvalue weighted by molar-refractivity contribution is 5.02. The largest absolute Gasteiger partial charge is 0.396 e. The highest BCUT2D eigenvalue weighted by atomic mass is 16.3. The number of rotatable bonds is 4. The van der Waals surface area contributed by atoms with Crippen molar-refractivity contribution in [2.75, 3.05) is 6.61 Å².